The van der Waals surface area contributed by atoms with Gasteiger partial charge >= 0.3 is 0 Å². The molecule has 0 spiro atoms. The van der Waals surface area contributed by atoms with Gasteiger partial charge in [0.1, 0.15) is 0 Å². The molecule has 2 aromatic rings. The van der Waals surface area contributed by atoms with Crippen LogP contribution < -0.4 is 0 Å². The summed E-state index contributed by atoms with van der Waals surface area (Å²) < 4.78 is 0. The molecule has 0 unspecified atom stereocenters. The molecule has 1 aliphatic carbocycles. The van der Waals surface area contributed by atoms with Crippen molar-refractivity contribution in [2.75, 3.05) is 0 Å². The molecular formula is C17H18O. The first-order chi connectivity index (χ1) is 8.66. The van der Waals surface area contributed by atoms with Crippen LogP contribution in [0.4, 0.5) is 0 Å². The molecule has 92 valence electrons. The van der Waals surface area contributed by atoms with Crippen LogP contribution in [0.1, 0.15) is 22.3 Å². The zero-order valence-corrected chi connectivity index (χ0v) is 10.9. The molecular weight excluding hydrogens is 220 g/mol. The summed E-state index contributed by atoms with van der Waals surface area (Å²) in [6, 6.07) is 12.8. The number of aliphatic hydroxyl groups excluding tert-OH is 1. The Kier molecular flexibility index (Phi) is 2.71. The Morgan fingerprint density at radius 1 is 0.833 bits per heavy atom. The summed E-state index contributed by atoms with van der Waals surface area (Å²) in [5, 5.41) is 10.2. The Bertz CT molecular complexity index is 545. The van der Waals surface area contributed by atoms with E-state index in [0.29, 0.717) is 0 Å². The van der Waals surface area contributed by atoms with E-state index >= 15 is 0 Å². The molecule has 0 heterocycles. The summed E-state index contributed by atoms with van der Waals surface area (Å²) in [5.74, 6) is 0. The molecule has 0 saturated heterocycles. The molecule has 2 aromatic carbocycles. The zero-order chi connectivity index (χ0) is 12.7. The van der Waals surface area contributed by atoms with Gasteiger partial charge in [-0.25, -0.2) is 0 Å². The van der Waals surface area contributed by atoms with Gasteiger partial charge in [0.2, 0.25) is 0 Å². The minimum atomic E-state index is -0.270. The van der Waals surface area contributed by atoms with Gasteiger partial charge in [-0.2, -0.15) is 0 Å². The van der Waals surface area contributed by atoms with E-state index in [1.54, 1.807) is 0 Å². The normalized spacial score (nSPS) is 14.8. The number of hydrogen-bond donors (Lipinski definition) is 1. The van der Waals surface area contributed by atoms with Crippen molar-refractivity contribution in [3.63, 3.8) is 0 Å². The Balaban J connectivity index is 2.37. The van der Waals surface area contributed by atoms with Gasteiger partial charge in [0.05, 0.1) is 6.10 Å². The van der Waals surface area contributed by atoms with Crippen molar-refractivity contribution in [1.82, 2.24) is 0 Å². The highest BCUT2D eigenvalue weighted by Crippen LogP contribution is 2.36. The van der Waals surface area contributed by atoms with E-state index in [1.165, 1.54) is 33.4 Å². The average molecular weight is 238 g/mol. The van der Waals surface area contributed by atoms with Crippen molar-refractivity contribution in [2.24, 2.45) is 0 Å². The third kappa shape index (κ3) is 1.75. The summed E-state index contributed by atoms with van der Waals surface area (Å²) in [7, 11) is 0. The van der Waals surface area contributed by atoms with Crippen LogP contribution in [0.3, 0.4) is 0 Å². The minimum absolute atomic E-state index is 0.270. The van der Waals surface area contributed by atoms with E-state index < -0.39 is 0 Å². The third-order valence-electron chi connectivity index (χ3n) is 3.88. The van der Waals surface area contributed by atoms with Crippen LogP contribution in [0, 0.1) is 13.8 Å². The van der Waals surface area contributed by atoms with E-state index in [2.05, 4.69) is 50.2 Å². The monoisotopic (exact) mass is 238 g/mol. The first-order valence-electron chi connectivity index (χ1n) is 6.52. The number of rotatable bonds is 0. The largest absolute Gasteiger partial charge is 0.392 e. The molecule has 1 aliphatic rings. The van der Waals surface area contributed by atoms with Gasteiger partial charge in [-0.3, -0.25) is 0 Å². The quantitative estimate of drug-likeness (QED) is 0.745. The van der Waals surface area contributed by atoms with Gasteiger partial charge in [0.15, 0.2) is 0 Å². The maximum Gasteiger partial charge on any atom is 0.0621 e. The lowest BCUT2D eigenvalue weighted by Crippen LogP contribution is -2.12. The van der Waals surface area contributed by atoms with E-state index in [4.69, 9.17) is 0 Å². The lowest BCUT2D eigenvalue weighted by molar-refractivity contribution is 0.176. The Morgan fingerprint density at radius 2 is 1.28 bits per heavy atom. The fraction of sp³-hybridized carbons (Fsp3) is 0.294. The topological polar surface area (TPSA) is 20.2 Å². The molecule has 1 nitrogen and oxygen atoms in total. The summed E-state index contributed by atoms with van der Waals surface area (Å²) in [6.45, 7) is 4.32. The van der Waals surface area contributed by atoms with Crippen molar-refractivity contribution >= 4 is 0 Å². The third-order valence-corrected chi connectivity index (χ3v) is 3.88. The second-order valence-electron chi connectivity index (χ2n) is 5.28. The van der Waals surface area contributed by atoms with Crippen LogP contribution in [0.25, 0.3) is 11.1 Å². The molecule has 0 bridgehead atoms. The van der Waals surface area contributed by atoms with E-state index in [9.17, 15) is 5.11 Å². The van der Waals surface area contributed by atoms with Crippen molar-refractivity contribution in [2.45, 2.75) is 32.8 Å². The van der Waals surface area contributed by atoms with Gasteiger partial charge < -0.3 is 5.11 Å². The Hall–Kier alpha value is -1.60. The van der Waals surface area contributed by atoms with Gasteiger partial charge in [-0.15, -0.1) is 0 Å². The highest BCUT2D eigenvalue weighted by atomic mass is 16.3. The van der Waals surface area contributed by atoms with Crippen molar-refractivity contribution in [3.8, 4) is 11.1 Å². The van der Waals surface area contributed by atoms with Crippen LogP contribution in [-0.2, 0) is 12.8 Å². The van der Waals surface area contributed by atoms with Crippen molar-refractivity contribution < 1.29 is 5.11 Å². The molecule has 0 fully saturated rings. The maximum absolute atomic E-state index is 10.2. The summed E-state index contributed by atoms with van der Waals surface area (Å²) >= 11 is 0. The van der Waals surface area contributed by atoms with E-state index in [-0.39, 0.29) is 6.10 Å². The molecule has 0 atom stereocenters. The summed E-state index contributed by atoms with van der Waals surface area (Å²) in [6.07, 6.45) is 1.24. The van der Waals surface area contributed by atoms with Crippen LogP contribution in [0.15, 0.2) is 36.4 Å². The van der Waals surface area contributed by atoms with E-state index in [1.807, 2.05) is 0 Å². The SMILES string of the molecule is Cc1cccc2c1-c1c(C)cccc1CC(O)C2. The number of aryl methyl sites for hydroxylation is 2. The van der Waals surface area contributed by atoms with Gasteiger partial charge in [0.25, 0.3) is 0 Å². The Morgan fingerprint density at radius 3 is 1.72 bits per heavy atom. The van der Waals surface area contributed by atoms with Gasteiger partial charge in [-0.05, 0) is 60.1 Å². The smallest absolute Gasteiger partial charge is 0.0621 e. The molecule has 1 heteroatoms. The lowest BCUT2D eigenvalue weighted by Gasteiger charge is -2.14. The van der Waals surface area contributed by atoms with Crippen LogP contribution in [0.5, 0.6) is 0 Å². The molecule has 1 N–H and O–H groups in total. The first kappa shape index (κ1) is 11.5. The molecule has 0 amide bonds. The summed E-state index contributed by atoms with van der Waals surface area (Å²) in [4.78, 5) is 0. The standard InChI is InChI=1S/C17H18O/c1-11-5-3-7-13-9-15(18)10-14-8-4-6-12(2)17(14)16(11)13/h3-8,15,18H,9-10H2,1-2H3. The van der Waals surface area contributed by atoms with Crippen LogP contribution >= 0.6 is 0 Å². The number of hydrogen-bond acceptors (Lipinski definition) is 1. The fourth-order valence-corrected chi connectivity index (χ4v) is 3.09. The molecule has 18 heavy (non-hydrogen) atoms. The molecule has 0 radical (unpaired) electrons. The molecule has 3 rings (SSSR count). The highest BCUT2D eigenvalue weighted by Gasteiger charge is 2.21. The predicted molar refractivity (Wildman–Crippen MR) is 74.8 cm³/mol. The zero-order valence-electron chi connectivity index (χ0n) is 10.9. The molecule has 0 saturated carbocycles. The van der Waals surface area contributed by atoms with Gasteiger partial charge in [0, 0.05) is 0 Å². The van der Waals surface area contributed by atoms with Crippen LogP contribution in [-0.4, -0.2) is 11.2 Å². The van der Waals surface area contributed by atoms with Gasteiger partial charge in [-0.1, -0.05) is 36.4 Å². The summed E-state index contributed by atoms with van der Waals surface area (Å²) in [5.41, 5.74) is 7.82. The second-order valence-corrected chi connectivity index (χ2v) is 5.28. The number of aliphatic hydroxyl groups is 1. The van der Waals surface area contributed by atoms with E-state index in [0.717, 1.165) is 12.8 Å². The second kappa shape index (κ2) is 4.25. The lowest BCUT2D eigenvalue weighted by atomic mass is 9.90. The number of benzene rings is 2. The first-order valence-corrected chi connectivity index (χ1v) is 6.52. The average Bonchev–Trinajstić information content (AvgIpc) is 2.46. The highest BCUT2D eigenvalue weighted by molar-refractivity contribution is 5.77. The molecule has 0 aliphatic heterocycles. The molecule has 0 aromatic heterocycles. The number of fused-ring (bicyclic) bond motifs is 3. The Labute approximate surface area is 108 Å². The maximum atomic E-state index is 10.2. The van der Waals surface area contributed by atoms with Crippen LogP contribution in [0.2, 0.25) is 0 Å². The predicted octanol–water partition coefficient (Wildman–Crippen LogP) is 3.43. The van der Waals surface area contributed by atoms with Crippen molar-refractivity contribution in [3.05, 3.63) is 58.7 Å². The van der Waals surface area contributed by atoms with Crippen molar-refractivity contribution in [1.29, 1.82) is 0 Å². The minimum Gasteiger partial charge on any atom is -0.392 e. The fourth-order valence-electron chi connectivity index (χ4n) is 3.09.